The highest BCUT2D eigenvalue weighted by Crippen LogP contribution is 2.23. The molecule has 0 aromatic heterocycles. The van der Waals surface area contributed by atoms with Crippen molar-refractivity contribution < 1.29 is 4.79 Å². The first-order chi connectivity index (χ1) is 7.61. The number of carbonyl (C=O) groups is 1. The fourth-order valence-corrected chi connectivity index (χ4v) is 3.25. The van der Waals surface area contributed by atoms with E-state index in [4.69, 9.17) is 5.73 Å². The molecule has 0 rings (SSSR count). The lowest BCUT2D eigenvalue weighted by Gasteiger charge is -2.17. The number of halogens is 1. The van der Waals surface area contributed by atoms with Crippen LogP contribution in [0.2, 0.25) is 0 Å². The summed E-state index contributed by atoms with van der Waals surface area (Å²) in [4.78, 5) is 11.0. The highest BCUT2D eigenvalue weighted by atomic mass is 79.9. The number of thioether (sulfide) groups is 1. The average molecular weight is 310 g/mol. The van der Waals surface area contributed by atoms with Gasteiger partial charge in [0.05, 0.1) is 0 Å². The summed E-state index contributed by atoms with van der Waals surface area (Å²) in [6.45, 7) is 4.11. The van der Waals surface area contributed by atoms with E-state index in [1.807, 2.05) is 18.7 Å². The lowest BCUT2D eigenvalue weighted by molar-refractivity contribution is -0.121. The Kier molecular flexibility index (Phi) is 10.6. The molecule has 0 fully saturated rings. The van der Waals surface area contributed by atoms with Gasteiger partial charge in [0.15, 0.2) is 0 Å². The van der Waals surface area contributed by atoms with E-state index in [9.17, 15) is 4.79 Å². The van der Waals surface area contributed by atoms with Gasteiger partial charge >= 0.3 is 0 Å². The van der Waals surface area contributed by atoms with Gasteiger partial charge in [-0.3, -0.25) is 4.79 Å². The van der Waals surface area contributed by atoms with Gasteiger partial charge in [0.1, 0.15) is 0 Å². The van der Waals surface area contributed by atoms with Gasteiger partial charge in [0.2, 0.25) is 5.91 Å². The topological polar surface area (TPSA) is 43.1 Å². The monoisotopic (exact) mass is 309 g/mol. The van der Waals surface area contributed by atoms with Crippen molar-refractivity contribution in [3.63, 3.8) is 0 Å². The highest BCUT2D eigenvalue weighted by Gasteiger charge is 2.15. The molecule has 2 nitrogen and oxygen atoms in total. The number of hydrogen-bond acceptors (Lipinski definition) is 2. The number of unbranched alkanes of at least 4 members (excludes halogenated alkanes) is 2. The molecule has 4 heteroatoms. The summed E-state index contributed by atoms with van der Waals surface area (Å²) in [5, 5.41) is 1.69. The average Bonchev–Trinajstić information content (AvgIpc) is 2.26. The fraction of sp³-hybridized carbons (Fsp3) is 0.917. The van der Waals surface area contributed by atoms with E-state index in [2.05, 4.69) is 22.9 Å². The van der Waals surface area contributed by atoms with Crippen molar-refractivity contribution in [3.8, 4) is 0 Å². The molecule has 0 aliphatic rings. The molecule has 0 saturated heterocycles. The first-order valence-corrected chi connectivity index (χ1v) is 8.25. The van der Waals surface area contributed by atoms with Gasteiger partial charge in [-0.05, 0) is 31.4 Å². The van der Waals surface area contributed by atoms with Crippen molar-refractivity contribution in [3.05, 3.63) is 0 Å². The smallest absolute Gasteiger partial charge is 0.220 e. The van der Waals surface area contributed by atoms with E-state index >= 15 is 0 Å². The van der Waals surface area contributed by atoms with Crippen LogP contribution in [0.5, 0.6) is 0 Å². The summed E-state index contributed by atoms with van der Waals surface area (Å²) in [6.07, 6.45) is 5.88. The molecule has 16 heavy (non-hydrogen) atoms. The molecule has 96 valence electrons. The van der Waals surface area contributed by atoms with Crippen LogP contribution < -0.4 is 5.73 Å². The zero-order valence-electron chi connectivity index (χ0n) is 10.4. The summed E-state index contributed by atoms with van der Waals surface area (Å²) in [7, 11) is 0. The van der Waals surface area contributed by atoms with Crippen LogP contribution in [0.3, 0.4) is 0 Å². The van der Waals surface area contributed by atoms with Gasteiger partial charge in [0, 0.05) is 16.5 Å². The van der Waals surface area contributed by atoms with Crippen LogP contribution in [-0.4, -0.2) is 22.2 Å². The lowest BCUT2D eigenvalue weighted by atomic mass is 10.0. The maximum Gasteiger partial charge on any atom is 0.220 e. The van der Waals surface area contributed by atoms with E-state index in [-0.39, 0.29) is 11.8 Å². The number of carbonyl (C=O) groups excluding carboxylic acids is 1. The summed E-state index contributed by atoms with van der Waals surface area (Å²) >= 11 is 5.43. The van der Waals surface area contributed by atoms with E-state index in [0.717, 1.165) is 18.2 Å². The predicted molar refractivity (Wildman–Crippen MR) is 77.2 cm³/mol. The lowest BCUT2D eigenvalue weighted by Crippen LogP contribution is -2.23. The minimum Gasteiger partial charge on any atom is -0.369 e. The Hall–Kier alpha value is 0.300. The Morgan fingerprint density at radius 3 is 2.56 bits per heavy atom. The number of amides is 1. The van der Waals surface area contributed by atoms with Crippen LogP contribution in [0.4, 0.5) is 0 Å². The molecule has 0 radical (unpaired) electrons. The predicted octanol–water partition coefficient (Wildman–Crippen LogP) is 3.57. The number of nitrogens with two attached hydrogens (primary N) is 1. The SMILES string of the molecule is CCC(CC(C)C(N)=O)SCCCCCBr. The van der Waals surface area contributed by atoms with Gasteiger partial charge in [-0.1, -0.05) is 36.2 Å². The molecule has 0 aromatic rings. The zero-order chi connectivity index (χ0) is 12.4. The van der Waals surface area contributed by atoms with Crippen LogP contribution in [0.1, 0.15) is 46.0 Å². The largest absolute Gasteiger partial charge is 0.369 e. The second kappa shape index (κ2) is 10.5. The van der Waals surface area contributed by atoms with Gasteiger partial charge in [0.25, 0.3) is 0 Å². The van der Waals surface area contributed by atoms with Crippen molar-refractivity contribution in [1.82, 2.24) is 0 Å². The second-order valence-corrected chi connectivity index (χ2v) is 6.39. The standard InChI is InChI=1S/C12H24BrNOS/c1-3-11(9-10(2)12(14)15)16-8-6-4-5-7-13/h10-11H,3-9H2,1-2H3,(H2,14,15). The molecule has 1 amide bonds. The third kappa shape index (κ3) is 8.45. The molecule has 2 unspecified atom stereocenters. The molecule has 0 bridgehead atoms. The van der Waals surface area contributed by atoms with Crippen LogP contribution in [0, 0.1) is 5.92 Å². The Morgan fingerprint density at radius 1 is 1.38 bits per heavy atom. The summed E-state index contributed by atoms with van der Waals surface area (Å²) in [5.74, 6) is 1.05. The van der Waals surface area contributed by atoms with Crippen molar-refractivity contribution in [2.45, 2.75) is 51.2 Å². The summed E-state index contributed by atoms with van der Waals surface area (Å²) in [6, 6.07) is 0. The molecular weight excluding hydrogens is 286 g/mol. The second-order valence-electron chi connectivity index (χ2n) is 4.19. The van der Waals surface area contributed by atoms with Gasteiger partial charge in [-0.2, -0.15) is 11.8 Å². The van der Waals surface area contributed by atoms with Gasteiger partial charge in [-0.25, -0.2) is 0 Å². The molecule has 2 atom stereocenters. The highest BCUT2D eigenvalue weighted by molar-refractivity contribution is 9.09. The van der Waals surface area contributed by atoms with Crippen molar-refractivity contribution in [1.29, 1.82) is 0 Å². The third-order valence-electron chi connectivity index (χ3n) is 2.69. The van der Waals surface area contributed by atoms with E-state index < -0.39 is 0 Å². The Labute approximate surface area is 112 Å². The fourth-order valence-electron chi connectivity index (χ4n) is 1.49. The number of alkyl halides is 1. The maximum absolute atomic E-state index is 11.0. The minimum absolute atomic E-state index is 0.0139. The van der Waals surface area contributed by atoms with E-state index in [1.54, 1.807) is 0 Å². The third-order valence-corrected chi connectivity index (χ3v) is 4.77. The van der Waals surface area contributed by atoms with Gasteiger partial charge < -0.3 is 5.73 Å². The molecule has 2 N–H and O–H groups in total. The van der Waals surface area contributed by atoms with Crippen LogP contribution in [-0.2, 0) is 4.79 Å². The Balaban J connectivity index is 3.62. The number of hydrogen-bond donors (Lipinski definition) is 1. The molecule has 0 aliphatic heterocycles. The summed E-state index contributed by atoms with van der Waals surface area (Å²) in [5.41, 5.74) is 5.28. The van der Waals surface area contributed by atoms with Crippen LogP contribution >= 0.6 is 27.7 Å². The van der Waals surface area contributed by atoms with Crippen molar-refractivity contribution in [2.75, 3.05) is 11.1 Å². The summed E-state index contributed by atoms with van der Waals surface area (Å²) < 4.78 is 0. The van der Waals surface area contributed by atoms with E-state index in [0.29, 0.717) is 5.25 Å². The first-order valence-electron chi connectivity index (χ1n) is 6.08. The van der Waals surface area contributed by atoms with Crippen LogP contribution in [0.25, 0.3) is 0 Å². The molecule has 0 aromatic carbocycles. The normalized spacial score (nSPS) is 14.7. The quantitative estimate of drug-likeness (QED) is 0.495. The zero-order valence-corrected chi connectivity index (χ0v) is 12.8. The maximum atomic E-state index is 11.0. The molecule has 0 heterocycles. The van der Waals surface area contributed by atoms with E-state index in [1.165, 1.54) is 25.0 Å². The van der Waals surface area contributed by atoms with Crippen molar-refractivity contribution in [2.24, 2.45) is 11.7 Å². The minimum atomic E-state index is -0.168. The van der Waals surface area contributed by atoms with Crippen LogP contribution in [0.15, 0.2) is 0 Å². The number of primary amides is 1. The molecular formula is C12H24BrNOS. The molecule has 0 aliphatic carbocycles. The molecule has 0 spiro atoms. The Bertz CT molecular complexity index is 190. The van der Waals surface area contributed by atoms with Gasteiger partial charge in [-0.15, -0.1) is 0 Å². The Morgan fingerprint density at radius 2 is 2.06 bits per heavy atom. The molecule has 0 saturated carbocycles. The number of rotatable bonds is 10. The first kappa shape index (κ1) is 16.3. The van der Waals surface area contributed by atoms with Crippen molar-refractivity contribution >= 4 is 33.6 Å².